The molecule has 0 bridgehead atoms. The smallest absolute Gasteiger partial charge is 0.184 e. The van der Waals surface area contributed by atoms with Gasteiger partial charge in [-0.25, -0.2) is 0 Å². The molecule has 0 amide bonds. The van der Waals surface area contributed by atoms with Crippen LogP contribution in [0.3, 0.4) is 0 Å². The van der Waals surface area contributed by atoms with E-state index in [0.29, 0.717) is 6.10 Å². The summed E-state index contributed by atoms with van der Waals surface area (Å²) in [5, 5.41) is 0. The van der Waals surface area contributed by atoms with Crippen molar-refractivity contribution in [2.24, 2.45) is 23.7 Å². The van der Waals surface area contributed by atoms with Crippen LogP contribution in [0.25, 0.3) is 0 Å². The SMILES string of the molecule is CCC(C)C1CCC(O[Si](C)(C)C)C1C(C)CC. The normalized spacial score (nSPS) is 32.5. The van der Waals surface area contributed by atoms with Gasteiger partial charge in [0, 0.05) is 6.10 Å². The molecule has 5 unspecified atom stereocenters. The van der Waals surface area contributed by atoms with Gasteiger partial charge < -0.3 is 4.43 Å². The maximum absolute atomic E-state index is 6.50. The molecule has 5 atom stereocenters. The largest absolute Gasteiger partial charge is 0.414 e. The molecule has 1 rings (SSSR count). The minimum Gasteiger partial charge on any atom is -0.414 e. The van der Waals surface area contributed by atoms with Crippen LogP contribution in [0.1, 0.15) is 53.4 Å². The molecule has 0 saturated heterocycles. The van der Waals surface area contributed by atoms with Crippen molar-refractivity contribution in [2.45, 2.75) is 79.1 Å². The van der Waals surface area contributed by atoms with Crippen LogP contribution >= 0.6 is 0 Å². The second kappa shape index (κ2) is 6.56. The van der Waals surface area contributed by atoms with Crippen LogP contribution in [0.4, 0.5) is 0 Å². The molecule has 18 heavy (non-hydrogen) atoms. The molecule has 0 aromatic carbocycles. The zero-order valence-corrected chi connectivity index (χ0v) is 14.6. The molecule has 0 aromatic rings. The molecule has 1 fully saturated rings. The van der Waals surface area contributed by atoms with Gasteiger partial charge in [0.2, 0.25) is 0 Å². The summed E-state index contributed by atoms with van der Waals surface area (Å²) in [5.41, 5.74) is 0. The Hall–Kier alpha value is 0.177. The fraction of sp³-hybridized carbons (Fsp3) is 1.00. The maximum Gasteiger partial charge on any atom is 0.184 e. The van der Waals surface area contributed by atoms with E-state index in [1.165, 1.54) is 25.7 Å². The van der Waals surface area contributed by atoms with Gasteiger partial charge in [0.1, 0.15) is 0 Å². The second-order valence-corrected chi connectivity index (χ2v) is 11.8. The zero-order chi connectivity index (χ0) is 13.9. The van der Waals surface area contributed by atoms with Gasteiger partial charge in [-0.1, -0.05) is 40.5 Å². The highest BCUT2D eigenvalue weighted by atomic mass is 28.4. The minimum atomic E-state index is -1.40. The Morgan fingerprint density at radius 1 is 1.00 bits per heavy atom. The van der Waals surface area contributed by atoms with Crippen molar-refractivity contribution in [2.75, 3.05) is 0 Å². The first-order valence-corrected chi connectivity index (χ1v) is 11.4. The second-order valence-electron chi connectivity index (χ2n) is 7.36. The van der Waals surface area contributed by atoms with E-state index in [1.807, 2.05) is 0 Å². The molecule has 0 aromatic heterocycles. The summed E-state index contributed by atoms with van der Waals surface area (Å²) in [5.74, 6) is 3.37. The summed E-state index contributed by atoms with van der Waals surface area (Å²) in [7, 11) is -1.40. The molecule has 1 nitrogen and oxygen atoms in total. The zero-order valence-electron chi connectivity index (χ0n) is 13.6. The number of rotatable bonds is 6. The van der Waals surface area contributed by atoms with Crippen LogP contribution in [-0.4, -0.2) is 14.4 Å². The van der Waals surface area contributed by atoms with Gasteiger partial charge in [0.15, 0.2) is 8.32 Å². The molecule has 0 spiro atoms. The fourth-order valence-corrected chi connectivity index (χ4v) is 4.82. The van der Waals surface area contributed by atoms with E-state index in [4.69, 9.17) is 4.43 Å². The van der Waals surface area contributed by atoms with Gasteiger partial charge in [0.25, 0.3) is 0 Å². The lowest BCUT2D eigenvalue weighted by Crippen LogP contribution is -2.38. The van der Waals surface area contributed by atoms with Gasteiger partial charge in [-0.15, -0.1) is 0 Å². The fourth-order valence-electron chi connectivity index (χ4n) is 3.64. The van der Waals surface area contributed by atoms with E-state index in [1.54, 1.807) is 0 Å². The van der Waals surface area contributed by atoms with Crippen LogP contribution in [0, 0.1) is 23.7 Å². The van der Waals surface area contributed by atoms with E-state index < -0.39 is 8.32 Å². The average molecular weight is 271 g/mol. The van der Waals surface area contributed by atoms with Gasteiger partial charge in [-0.3, -0.25) is 0 Å². The van der Waals surface area contributed by atoms with Crippen molar-refractivity contribution in [3.8, 4) is 0 Å². The lowest BCUT2D eigenvalue weighted by molar-refractivity contribution is 0.0802. The Morgan fingerprint density at radius 3 is 2.00 bits per heavy atom. The molecule has 1 aliphatic carbocycles. The maximum atomic E-state index is 6.50. The van der Waals surface area contributed by atoms with E-state index in [2.05, 4.69) is 47.3 Å². The van der Waals surface area contributed by atoms with Crippen LogP contribution in [0.2, 0.25) is 19.6 Å². The van der Waals surface area contributed by atoms with Gasteiger partial charge in [0.05, 0.1) is 0 Å². The van der Waals surface area contributed by atoms with E-state index >= 15 is 0 Å². The molecule has 108 valence electrons. The number of hydrogen-bond acceptors (Lipinski definition) is 1. The van der Waals surface area contributed by atoms with Crippen molar-refractivity contribution in [3.05, 3.63) is 0 Å². The molecule has 2 heteroatoms. The monoisotopic (exact) mass is 270 g/mol. The van der Waals surface area contributed by atoms with E-state index in [9.17, 15) is 0 Å². The third kappa shape index (κ3) is 4.09. The molecule has 1 aliphatic rings. The average Bonchev–Trinajstić information content (AvgIpc) is 2.68. The van der Waals surface area contributed by atoms with Crippen LogP contribution in [-0.2, 0) is 4.43 Å². The molecular formula is C16H34OSi. The first-order chi connectivity index (χ1) is 8.30. The van der Waals surface area contributed by atoms with Crippen molar-refractivity contribution in [1.29, 1.82) is 0 Å². The summed E-state index contributed by atoms with van der Waals surface area (Å²) >= 11 is 0. The summed E-state index contributed by atoms with van der Waals surface area (Å²) < 4.78 is 6.50. The first-order valence-electron chi connectivity index (χ1n) is 7.98. The molecule has 0 radical (unpaired) electrons. The Kier molecular flexibility index (Phi) is 5.92. The molecule has 0 heterocycles. The standard InChI is InChI=1S/C16H34OSi/c1-8-12(3)14-10-11-15(17-18(5,6)7)16(14)13(4)9-2/h12-16H,8-11H2,1-7H3. The van der Waals surface area contributed by atoms with Crippen LogP contribution < -0.4 is 0 Å². The first kappa shape index (κ1) is 16.2. The topological polar surface area (TPSA) is 9.23 Å². The summed E-state index contributed by atoms with van der Waals surface area (Å²) in [6.07, 6.45) is 5.85. The molecule has 0 aliphatic heterocycles. The van der Waals surface area contributed by atoms with Crippen molar-refractivity contribution in [3.63, 3.8) is 0 Å². The highest BCUT2D eigenvalue weighted by molar-refractivity contribution is 6.69. The van der Waals surface area contributed by atoms with Crippen molar-refractivity contribution in [1.82, 2.24) is 0 Å². The van der Waals surface area contributed by atoms with Crippen LogP contribution in [0.5, 0.6) is 0 Å². The highest BCUT2D eigenvalue weighted by Crippen LogP contribution is 2.45. The van der Waals surface area contributed by atoms with E-state index in [-0.39, 0.29) is 0 Å². The van der Waals surface area contributed by atoms with Crippen molar-refractivity contribution < 1.29 is 4.43 Å². The molecular weight excluding hydrogens is 236 g/mol. The van der Waals surface area contributed by atoms with E-state index in [0.717, 1.165) is 23.7 Å². The summed E-state index contributed by atoms with van der Waals surface area (Å²) in [6, 6.07) is 0. The highest BCUT2D eigenvalue weighted by Gasteiger charge is 2.42. The van der Waals surface area contributed by atoms with Gasteiger partial charge in [-0.05, 0) is 56.2 Å². The van der Waals surface area contributed by atoms with Crippen LogP contribution in [0.15, 0.2) is 0 Å². The van der Waals surface area contributed by atoms with Gasteiger partial charge in [-0.2, -0.15) is 0 Å². The molecule has 0 N–H and O–H groups in total. The van der Waals surface area contributed by atoms with Crippen molar-refractivity contribution >= 4 is 8.32 Å². The minimum absolute atomic E-state index is 0.547. The Balaban J connectivity index is 2.80. The quantitative estimate of drug-likeness (QED) is 0.593. The van der Waals surface area contributed by atoms with Gasteiger partial charge >= 0.3 is 0 Å². The third-order valence-electron chi connectivity index (χ3n) is 4.89. The Bertz CT molecular complexity index is 246. The third-order valence-corrected chi connectivity index (χ3v) is 5.90. The Morgan fingerprint density at radius 2 is 1.56 bits per heavy atom. The summed E-state index contributed by atoms with van der Waals surface area (Å²) in [4.78, 5) is 0. The predicted molar refractivity (Wildman–Crippen MR) is 83.3 cm³/mol. The Labute approximate surface area is 116 Å². The predicted octanol–water partition coefficient (Wildman–Crippen LogP) is 5.32. The summed E-state index contributed by atoms with van der Waals surface area (Å²) in [6.45, 7) is 16.5. The number of hydrogen-bond donors (Lipinski definition) is 0. The molecule has 1 saturated carbocycles. The lowest BCUT2D eigenvalue weighted by atomic mass is 9.76. The lowest BCUT2D eigenvalue weighted by Gasteiger charge is -2.35.